The molecule has 1 unspecified atom stereocenters. The van der Waals surface area contributed by atoms with Crippen molar-refractivity contribution in [3.8, 4) is 0 Å². The third-order valence-corrected chi connectivity index (χ3v) is 4.19. The van der Waals surface area contributed by atoms with E-state index in [1.165, 1.54) is 18.2 Å². The first-order chi connectivity index (χ1) is 10.5. The van der Waals surface area contributed by atoms with Crippen LogP contribution in [-0.4, -0.2) is 11.2 Å². The minimum Gasteiger partial charge on any atom is -0.332 e. The Balaban J connectivity index is 1.87. The van der Waals surface area contributed by atoms with Crippen LogP contribution in [0.2, 0.25) is 0 Å². The van der Waals surface area contributed by atoms with Crippen LogP contribution in [0.25, 0.3) is 0 Å². The minimum atomic E-state index is -0.288. The molecule has 2 aromatic carbocycles. The average Bonchev–Trinajstić information content (AvgIpc) is 2.49. The molecule has 1 heterocycles. The van der Waals surface area contributed by atoms with Gasteiger partial charge in [-0.05, 0) is 80.0 Å². The molecule has 0 aromatic heterocycles. The topological polar surface area (TPSA) is 15.3 Å². The van der Waals surface area contributed by atoms with Gasteiger partial charge in [0.2, 0.25) is 0 Å². The lowest BCUT2D eigenvalue weighted by Crippen LogP contribution is -2.44. The van der Waals surface area contributed by atoms with Crippen molar-refractivity contribution < 1.29 is 8.78 Å². The van der Waals surface area contributed by atoms with Crippen molar-refractivity contribution in [3.05, 3.63) is 59.7 Å². The molecule has 0 aliphatic carbocycles. The Morgan fingerprint density at radius 1 is 1.14 bits per heavy atom. The monoisotopic (exact) mass is 318 g/mol. The van der Waals surface area contributed by atoms with Crippen molar-refractivity contribution in [1.29, 1.82) is 0 Å². The van der Waals surface area contributed by atoms with Gasteiger partial charge >= 0.3 is 0 Å². The highest BCUT2D eigenvalue weighted by Gasteiger charge is 2.26. The lowest BCUT2D eigenvalue weighted by molar-refractivity contribution is 0.604. The van der Waals surface area contributed by atoms with Crippen LogP contribution < -0.4 is 10.2 Å². The Kier molecular flexibility index (Phi) is 4.07. The molecule has 1 N–H and O–H groups in total. The van der Waals surface area contributed by atoms with Gasteiger partial charge in [0.15, 0.2) is 5.11 Å². The van der Waals surface area contributed by atoms with Gasteiger partial charge in [-0.3, -0.25) is 0 Å². The van der Waals surface area contributed by atoms with Gasteiger partial charge in [0.25, 0.3) is 0 Å². The number of halogens is 2. The molecule has 0 saturated carbocycles. The van der Waals surface area contributed by atoms with Crippen LogP contribution in [0.15, 0.2) is 42.5 Å². The molecule has 0 saturated heterocycles. The number of hydrogen-bond acceptors (Lipinski definition) is 1. The van der Waals surface area contributed by atoms with Gasteiger partial charge in [0.05, 0.1) is 0 Å². The summed E-state index contributed by atoms with van der Waals surface area (Å²) in [5.74, 6) is -0.519. The second-order valence-corrected chi connectivity index (χ2v) is 5.85. The molecular weight excluding hydrogens is 302 g/mol. The van der Waals surface area contributed by atoms with E-state index >= 15 is 0 Å². The molecule has 2 nitrogen and oxygen atoms in total. The third-order valence-electron chi connectivity index (χ3n) is 3.89. The molecule has 0 amide bonds. The molecule has 3 rings (SSSR count). The summed E-state index contributed by atoms with van der Waals surface area (Å²) in [6.45, 7) is 2.09. The van der Waals surface area contributed by atoms with Gasteiger partial charge in [-0.2, -0.15) is 0 Å². The quantitative estimate of drug-likeness (QED) is 0.779. The summed E-state index contributed by atoms with van der Waals surface area (Å²) in [6.07, 6.45) is 1.74. The number of hydrogen-bond donors (Lipinski definition) is 1. The summed E-state index contributed by atoms with van der Waals surface area (Å²) in [7, 11) is 0. The van der Waals surface area contributed by atoms with E-state index in [2.05, 4.69) is 12.2 Å². The fourth-order valence-electron chi connectivity index (χ4n) is 2.75. The number of rotatable bonds is 1. The first-order valence-electron chi connectivity index (χ1n) is 7.19. The molecule has 0 spiro atoms. The van der Waals surface area contributed by atoms with Crippen LogP contribution in [0.4, 0.5) is 20.2 Å². The van der Waals surface area contributed by atoms with Crippen LogP contribution in [0, 0.1) is 11.6 Å². The first-order valence-corrected chi connectivity index (χ1v) is 7.59. The molecule has 1 atom stereocenters. The number of thiocarbonyl (C=S) groups is 1. The maximum Gasteiger partial charge on any atom is 0.178 e. The van der Waals surface area contributed by atoms with E-state index in [0.717, 1.165) is 29.8 Å². The van der Waals surface area contributed by atoms with Crippen molar-refractivity contribution in [2.45, 2.75) is 25.8 Å². The van der Waals surface area contributed by atoms with Crippen molar-refractivity contribution in [3.63, 3.8) is 0 Å². The van der Waals surface area contributed by atoms with Crippen LogP contribution in [0.1, 0.15) is 18.9 Å². The number of nitrogens with one attached hydrogen (secondary N) is 1. The SMILES string of the molecule is CC1CCc2cc(F)ccc2N1C(=S)Nc1ccc(F)cc1. The van der Waals surface area contributed by atoms with Crippen molar-refractivity contribution >= 4 is 28.7 Å². The van der Waals surface area contributed by atoms with Gasteiger partial charge in [0, 0.05) is 17.4 Å². The molecule has 1 aliphatic rings. The second-order valence-electron chi connectivity index (χ2n) is 5.47. The van der Waals surface area contributed by atoms with Crippen molar-refractivity contribution in [1.82, 2.24) is 0 Å². The second kappa shape index (κ2) is 6.01. The Bertz CT molecular complexity index is 700. The van der Waals surface area contributed by atoms with Gasteiger partial charge in [-0.25, -0.2) is 8.78 Å². The fraction of sp³-hybridized carbons (Fsp3) is 0.235. The maximum absolute atomic E-state index is 13.4. The predicted molar refractivity (Wildman–Crippen MR) is 89.3 cm³/mol. The summed E-state index contributed by atoms with van der Waals surface area (Å²) in [6, 6.07) is 11.0. The number of fused-ring (bicyclic) bond motifs is 1. The number of anilines is 2. The van der Waals surface area contributed by atoms with Gasteiger partial charge in [0.1, 0.15) is 11.6 Å². The first kappa shape index (κ1) is 14.9. The Hall–Kier alpha value is -2.01. The zero-order valence-electron chi connectivity index (χ0n) is 12.1. The van der Waals surface area contributed by atoms with E-state index in [0.29, 0.717) is 5.11 Å². The summed E-state index contributed by atoms with van der Waals surface area (Å²) in [5.41, 5.74) is 2.62. The Morgan fingerprint density at radius 2 is 1.82 bits per heavy atom. The van der Waals surface area contributed by atoms with E-state index in [1.807, 2.05) is 4.90 Å². The third kappa shape index (κ3) is 2.95. The van der Waals surface area contributed by atoms with Crippen LogP contribution in [0.3, 0.4) is 0 Å². The smallest absolute Gasteiger partial charge is 0.178 e. The Morgan fingerprint density at radius 3 is 2.55 bits per heavy atom. The van der Waals surface area contributed by atoms with Gasteiger partial charge in [-0.15, -0.1) is 0 Å². The molecule has 1 aliphatic heterocycles. The highest BCUT2D eigenvalue weighted by molar-refractivity contribution is 7.80. The highest BCUT2D eigenvalue weighted by atomic mass is 32.1. The largest absolute Gasteiger partial charge is 0.332 e. The van der Waals surface area contributed by atoms with E-state index in [4.69, 9.17) is 12.2 Å². The van der Waals surface area contributed by atoms with Crippen LogP contribution in [0.5, 0.6) is 0 Å². The summed E-state index contributed by atoms with van der Waals surface area (Å²) >= 11 is 5.50. The molecule has 114 valence electrons. The van der Waals surface area contributed by atoms with E-state index in [9.17, 15) is 8.78 Å². The standard InChI is InChI=1S/C17H16F2N2S/c1-11-2-3-12-10-14(19)6-9-16(12)21(11)17(22)20-15-7-4-13(18)5-8-15/h4-11H,2-3H2,1H3,(H,20,22). The average molecular weight is 318 g/mol. The molecular formula is C17H16F2N2S. The van der Waals surface area contributed by atoms with Crippen molar-refractivity contribution in [2.24, 2.45) is 0 Å². The maximum atomic E-state index is 13.4. The molecule has 0 radical (unpaired) electrons. The zero-order chi connectivity index (χ0) is 15.7. The molecule has 0 fully saturated rings. The summed E-state index contributed by atoms with van der Waals surface area (Å²) in [5, 5.41) is 3.66. The van der Waals surface area contributed by atoms with Gasteiger partial charge < -0.3 is 10.2 Å². The van der Waals surface area contributed by atoms with Crippen LogP contribution >= 0.6 is 12.2 Å². The van der Waals surface area contributed by atoms with Crippen molar-refractivity contribution in [2.75, 3.05) is 10.2 Å². The number of benzene rings is 2. The number of nitrogens with zero attached hydrogens (tertiary/aromatic N) is 1. The minimum absolute atomic E-state index is 0.221. The van der Waals surface area contributed by atoms with E-state index in [1.54, 1.807) is 24.3 Å². The predicted octanol–water partition coefficient (Wildman–Crippen LogP) is 4.50. The lowest BCUT2D eigenvalue weighted by Gasteiger charge is -2.37. The highest BCUT2D eigenvalue weighted by Crippen LogP contribution is 2.31. The summed E-state index contributed by atoms with van der Waals surface area (Å²) in [4.78, 5) is 2.00. The Labute approximate surface area is 133 Å². The lowest BCUT2D eigenvalue weighted by atomic mass is 9.97. The van der Waals surface area contributed by atoms with Crippen LogP contribution in [-0.2, 0) is 6.42 Å². The van der Waals surface area contributed by atoms with E-state index < -0.39 is 0 Å². The normalized spacial score (nSPS) is 17.0. The molecule has 5 heteroatoms. The van der Waals surface area contributed by atoms with Gasteiger partial charge in [-0.1, -0.05) is 0 Å². The zero-order valence-corrected chi connectivity index (χ0v) is 13.0. The summed E-state index contributed by atoms with van der Waals surface area (Å²) < 4.78 is 26.4. The number of aryl methyl sites for hydroxylation is 1. The molecule has 2 aromatic rings. The molecule has 22 heavy (non-hydrogen) atoms. The molecule has 0 bridgehead atoms. The fourth-order valence-corrected chi connectivity index (χ4v) is 3.14. The van der Waals surface area contributed by atoms with E-state index in [-0.39, 0.29) is 17.7 Å².